The maximum absolute atomic E-state index is 13.4. The molecule has 0 fully saturated rings. The molecular formula is C23H24N2O4. The van der Waals surface area contributed by atoms with Crippen molar-refractivity contribution in [3.8, 4) is 5.75 Å². The Morgan fingerprint density at radius 1 is 1.10 bits per heavy atom. The summed E-state index contributed by atoms with van der Waals surface area (Å²) < 4.78 is 11.3. The van der Waals surface area contributed by atoms with E-state index in [0.717, 1.165) is 18.5 Å². The first-order chi connectivity index (χ1) is 14.0. The van der Waals surface area contributed by atoms with Gasteiger partial charge in [-0.05, 0) is 56.9 Å². The molecule has 0 bridgehead atoms. The first kappa shape index (κ1) is 19.2. The molecule has 2 heterocycles. The van der Waals surface area contributed by atoms with E-state index < -0.39 is 6.04 Å². The van der Waals surface area contributed by atoms with Crippen molar-refractivity contribution in [1.82, 2.24) is 9.80 Å². The van der Waals surface area contributed by atoms with Gasteiger partial charge in [0.05, 0.1) is 24.1 Å². The van der Waals surface area contributed by atoms with Crippen LogP contribution in [0, 0.1) is 0 Å². The quantitative estimate of drug-likeness (QED) is 0.644. The predicted molar refractivity (Wildman–Crippen MR) is 112 cm³/mol. The highest BCUT2D eigenvalue weighted by molar-refractivity contribution is 5.99. The highest BCUT2D eigenvalue weighted by atomic mass is 16.5. The minimum atomic E-state index is -0.490. The highest BCUT2D eigenvalue weighted by Crippen LogP contribution is 2.39. The Balaban J connectivity index is 1.87. The second-order valence-corrected chi connectivity index (χ2v) is 7.50. The lowest BCUT2D eigenvalue weighted by atomic mass is 9.98. The summed E-state index contributed by atoms with van der Waals surface area (Å²) in [4.78, 5) is 30.4. The summed E-state index contributed by atoms with van der Waals surface area (Å²) in [6.45, 7) is 1.37. The Hall–Kier alpha value is -3.12. The molecule has 150 valence electrons. The van der Waals surface area contributed by atoms with Crippen LogP contribution in [0.25, 0.3) is 11.0 Å². The molecule has 0 radical (unpaired) electrons. The summed E-state index contributed by atoms with van der Waals surface area (Å²) in [6, 6.07) is 14.1. The van der Waals surface area contributed by atoms with Crippen molar-refractivity contribution >= 4 is 16.9 Å². The predicted octanol–water partition coefficient (Wildman–Crippen LogP) is 3.30. The molecule has 0 N–H and O–H groups in total. The van der Waals surface area contributed by atoms with Gasteiger partial charge in [-0.15, -0.1) is 0 Å². The van der Waals surface area contributed by atoms with Gasteiger partial charge in [-0.2, -0.15) is 0 Å². The molecule has 4 rings (SSSR count). The minimum absolute atomic E-state index is 0.145. The van der Waals surface area contributed by atoms with Crippen LogP contribution in [-0.2, 0) is 0 Å². The van der Waals surface area contributed by atoms with Crippen LogP contribution in [0.4, 0.5) is 0 Å². The molecule has 3 aromatic rings. The second-order valence-electron chi connectivity index (χ2n) is 7.50. The van der Waals surface area contributed by atoms with Crippen molar-refractivity contribution in [1.29, 1.82) is 0 Å². The van der Waals surface area contributed by atoms with Gasteiger partial charge in [0.25, 0.3) is 5.91 Å². The smallest absolute Gasteiger partial charge is 0.290 e. The number of rotatable bonds is 6. The average molecular weight is 392 g/mol. The zero-order valence-electron chi connectivity index (χ0n) is 16.8. The van der Waals surface area contributed by atoms with Crippen LogP contribution < -0.4 is 10.2 Å². The number of methoxy groups -OCH3 is 1. The Bertz CT molecular complexity index is 1120. The van der Waals surface area contributed by atoms with Gasteiger partial charge in [0.1, 0.15) is 11.3 Å². The Morgan fingerprint density at radius 2 is 1.90 bits per heavy atom. The molecule has 1 aliphatic heterocycles. The third kappa shape index (κ3) is 3.40. The van der Waals surface area contributed by atoms with E-state index in [1.807, 2.05) is 38.4 Å². The molecule has 6 heteroatoms. The van der Waals surface area contributed by atoms with Crippen molar-refractivity contribution in [2.24, 2.45) is 0 Å². The highest BCUT2D eigenvalue weighted by Gasteiger charge is 2.42. The summed E-state index contributed by atoms with van der Waals surface area (Å²) in [5.41, 5.74) is 1.53. The average Bonchev–Trinajstić information content (AvgIpc) is 3.00. The van der Waals surface area contributed by atoms with Gasteiger partial charge in [0.2, 0.25) is 5.76 Å². The maximum atomic E-state index is 13.4. The molecule has 29 heavy (non-hydrogen) atoms. The molecule has 1 amide bonds. The van der Waals surface area contributed by atoms with E-state index in [1.165, 1.54) is 0 Å². The number of carbonyl (C=O) groups excluding carboxylic acids is 1. The molecule has 0 saturated heterocycles. The fraction of sp³-hybridized carbons (Fsp3) is 0.304. The number of nitrogens with zero attached hydrogens (tertiary/aromatic N) is 2. The summed E-state index contributed by atoms with van der Waals surface area (Å²) in [5, 5.41) is 0.488. The van der Waals surface area contributed by atoms with Crippen LogP contribution >= 0.6 is 0 Å². The summed E-state index contributed by atoms with van der Waals surface area (Å²) >= 11 is 0. The largest absolute Gasteiger partial charge is 0.497 e. The standard InChI is InChI=1S/C23H24N2O4/c1-24(2)12-7-13-25-20(15-8-6-9-16(14-15)28-3)19-21(26)17-10-4-5-11-18(17)29-22(19)23(25)27/h4-6,8-11,14,20H,7,12-13H2,1-3H3. The molecule has 0 spiro atoms. The van der Waals surface area contributed by atoms with Crippen LogP contribution in [0.3, 0.4) is 0 Å². The van der Waals surface area contributed by atoms with E-state index in [2.05, 4.69) is 4.90 Å². The fourth-order valence-corrected chi connectivity index (χ4v) is 3.91. The molecule has 1 aliphatic rings. The Morgan fingerprint density at radius 3 is 2.66 bits per heavy atom. The summed E-state index contributed by atoms with van der Waals surface area (Å²) in [5.74, 6) is 0.586. The maximum Gasteiger partial charge on any atom is 0.290 e. The van der Waals surface area contributed by atoms with E-state index in [1.54, 1.807) is 36.3 Å². The van der Waals surface area contributed by atoms with E-state index in [0.29, 0.717) is 28.8 Å². The normalized spacial score (nSPS) is 15.9. The molecule has 6 nitrogen and oxygen atoms in total. The number of hydrogen-bond donors (Lipinski definition) is 0. The Kier molecular flexibility index (Phi) is 5.11. The number of benzene rings is 2. The van der Waals surface area contributed by atoms with E-state index in [4.69, 9.17) is 9.15 Å². The topological polar surface area (TPSA) is 63.0 Å². The van der Waals surface area contributed by atoms with Crippen molar-refractivity contribution in [2.45, 2.75) is 12.5 Å². The molecule has 2 aromatic carbocycles. The van der Waals surface area contributed by atoms with Crippen LogP contribution in [0.15, 0.2) is 57.7 Å². The monoisotopic (exact) mass is 392 g/mol. The third-order valence-corrected chi connectivity index (χ3v) is 5.29. The number of hydrogen-bond acceptors (Lipinski definition) is 5. The van der Waals surface area contributed by atoms with Gasteiger partial charge in [-0.25, -0.2) is 0 Å². The molecular weight excluding hydrogens is 368 g/mol. The SMILES string of the molecule is COc1cccc(C2c3c(oc4ccccc4c3=O)C(=O)N2CCCN(C)C)c1. The Labute approximate surface area is 169 Å². The molecule has 1 atom stereocenters. The van der Waals surface area contributed by atoms with Crippen LogP contribution in [-0.4, -0.2) is 50.0 Å². The van der Waals surface area contributed by atoms with Crippen molar-refractivity contribution in [3.63, 3.8) is 0 Å². The third-order valence-electron chi connectivity index (χ3n) is 5.29. The number of carbonyl (C=O) groups is 1. The van der Waals surface area contributed by atoms with Crippen LogP contribution in [0.1, 0.15) is 34.1 Å². The fourth-order valence-electron chi connectivity index (χ4n) is 3.91. The van der Waals surface area contributed by atoms with E-state index in [-0.39, 0.29) is 17.1 Å². The van der Waals surface area contributed by atoms with Gasteiger partial charge in [0.15, 0.2) is 5.43 Å². The number of ether oxygens (including phenoxy) is 1. The lowest BCUT2D eigenvalue weighted by molar-refractivity contribution is 0.0722. The molecule has 0 saturated carbocycles. The number of para-hydroxylation sites is 1. The molecule has 1 aromatic heterocycles. The number of fused-ring (bicyclic) bond motifs is 2. The summed E-state index contributed by atoms with van der Waals surface area (Å²) in [7, 11) is 5.60. The lowest BCUT2D eigenvalue weighted by Gasteiger charge is -2.26. The van der Waals surface area contributed by atoms with Gasteiger partial charge in [0, 0.05) is 6.54 Å². The molecule has 1 unspecified atom stereocenters. The van der Waals surface area contributed by atoms with Crippen LogP contribution in [0.5, 0.6) is 5.75 Å². The first-order valence-electron chi connectivity index (χ1n) is 9.66. The van der Waals surface area contributed by atoms with Crippen molar-refractivity contribution < 1.29 is 13.9 Å². The van der Waals surface area contributed by atoms with Gasteiger partial charge in [-0.1, -0.05) is 24.3 Å². The van der Waals surface area contributed by atoms with E-state index >= 15 is 0 Å². The van der Waals surface area contributed by atoms with Crippen molar-refractivity contribution in [3.05, 3.63) is 75.6 Å². The van der Waals surface area contributed by atoms with E-state index in [9.17, 15) is 9.59 Å². The van der Waals surface area contributed by atoms with Gasteiger partial charge >= 0.3 is 0 Å². The van der Waals surface area contributed by atoms with Gasteiger partial charge < -0.3 is 19.0 Å². The molecule has 0 aliphatic carbocycles. The minimum Gasteiger partial charge on any atom is -0.497 e. The van der Waals surface area contributed by atoms with Gasteiger partial charge in [-0.3, -0.25) is 9.59 Å². The zero-order chi connectivity index (χ0) is 20.5. The second kappa shape index (κ2) is 7.72. The summed E-state index contributed by atoms with van der Waals surface area (Å²) in [6.07, 6.45) is 0.793. The van der Waals surface area contributed by atoms with Crippen LogP contribution in [0.2, 0.25) is 0 Å². The first-order valence-corrected chi connectivity index (χ1v) is 9.66. The lowest BCUT2D eigenvalue weighted by Crippen LogP contribution is -2.32. The van der Waals surface area contributed by atoms with Crippen molar-refractivity contribution in [2.75, 3.05) is 34.3 Å². The zero-order valence-corrected chi connectivity index (χ0v) is 16.8. The number of amides is 1.